The first-order valence-electron chi connectivity index (χ1n) is 7.73. The van der Waals surface area contributed by atoms with E-state index in [1.807, 2.05) is 0 Å². The van der Waals surface area contributed by atoms with Crippen molar-refractivity contribution in [1.29, 1.82) is 0 Å². The first-order chi connectivity index (χ1) is 10.7. The molecule has 23 heavy (non-hydrogen) atoms. The number of likely N-dealkylation sites (tertiary alicyclic amines) is 1. The minimum atomic E-state index is -4.20. The van der Waals surface area contributed by atoms with E-state index in [1.54, 1.807) is 19.1 Å². The van der Waals surface area contributed by atoms with Gasteiger partial charge in [0.15, 0.2) is 0 Å². The zero-order valence-electron chi connectivity index (χ0n) is 12.9. The van der Waals surface area contributed by atoms with Gasteiger partial charge < -0.3 is 9.64 Å². The summed E-state index contributed by atoms with van der Waals surface area (Å²) in [5, 5.41) is 0. The maximum absolute atomic E-state index is 12.5. The van der Waals surface area contributed by atoms with Crippen LogP contribution in [0, 0.1) is 5.41 Å². The van der Waals surface area contributed by atoms with E-state index in [4.69, 9.17) is 4.74 Å². The second-order valence-corrected chi connectivity index (χ2v) is 6.82. The average molecular weight is 328 g/mol. The molecule has 0 bridgehead atoms. The number of alkyl halides is 3. The van der Waals surface area contributed by atoms with E-state index in [1.165, 1.54) is 11.1 Å². The molecule has 1 saturated carbocycles. The lowest BCUT2D eigenvalue weighted by Crippen LogP contribution is -2.58. The molecule has 1 saturated heterocycles. The molecule has 2 heterocycles. The van der Waals surface area contributed by atoms with Crippen molar-refractivity contribution in [3.8, 4) is 5.88 Å². The lowest BCUT2D eigenvalue weighted by Gasteiger charge is -2.48. The van der Waals surface area contributed by atoms with Crippen LogP contribution in [0.25, 0.3) is 0 Å². The Morgan fingerprint density at radius 2 is 2.13 bits per heavy atom. The highest BCUT2D eigenvalue weighted by Gasteiger charge is 2.48. The molecule has 1 amide bonds. The topological polar surface area (TPSA) is 42.4 Å². The third-order valence-electron chi connectivity index (χ3n) is 4.38. The molecular formula is C16H19F3N2O2. The van der Waals surface area contributed by atoms with Gasteiger partial charge in [0, 0.05) is 36.3 Å². The van der Waals surface area contributed by atoms with Gasteiger partial charge in [-0.25, -0.2) is 4.98 Å². The van der Waals surface area contributed by atoms with Gasteiger partial charge in [0.2, 0.25) is 5.88 Å². The number of halogens is 3. The summed E-state index contributed by atoms with van der Waals surface area (Å²) in [5.41, 5.74) is -0.477. The van der Waals surface area contributed by atoms with E-state index >= 15 is 0 Å². The molecule has 0 spiro atoms. The van der Waals surface area contributed by atoms with Gasteiger partial charge in [-0.05, 0) is 25.3 Å². The first-order valence-corrected chi connectivity index (χ1v) is 7.73. The van der Waals surface area contributed by atoms with E-state index in [9.17, 15) is 18.0 Å². The fourth-order valence-electron chi connectivity index (χ4n) is 3.06. The van der Waals surface area contributed by atoms with E-state index in [0.29, 0.717) is 11.4 Å². The van der Waals surface area contributed by atoms with Gasteiger partial charge in [0.1, 0.15) is 6.10 Å². The fraction of sp³-hybridized carbons (Fsp3) is 0.625. The predicted octanol–water partition coefficient (Wildman–Crippen LogP) is 3.43. The molecule has 2 fully saturated rings. The van der Waals surface area contributed by atoms with Crippen LogP contribution in [0.2, 0.25) is 0 Å². The molecule has 1 aromatic rings. The summed E-state index contributed by atoms with van der Waals surface area (Å²) in [6.45, 7) is 1.79. The Labute approximate surface area is 132 Å². The molecule has 1 aliphatic carbocycles. The zero-order chi connectivity index (χ0) is 16.7. The zero-order valence-corrected chi connectivity index (χ0v) is 12.9. The second kappa shape index (κ2) is 5.69. The van der Waals surface area contributed by atoms with Crippen LogP contribution in [-0.4, -0.2) is 41.2 Å². The van der Waals surface area contributed by atoms with Gasteiger partial charge >= 0.3 is 6.18 Å². The van der Waals surface area contributed by atoms with E-state index < -0.39 is 18.0 Å². The van der Waals surface area contributed by atoms with E-state index in [0.717, 1.165) is 19.3 Å². The summed E-state index contributed by atoms with van der Waals surface area (Å²) in [6.07, 6.45) is -0.304. The fourth-order valence-corrected chi connectivity index (χ4v) is 3.06. The maximum Gasteiger partial charge on any atom is 0.389 e. The Hall–Kier alpha value is -1.79. The Morgan fingerprint density at radius 1 is 1.43 bits per heavy atom. The van der Waals surface area contributed by atoms with Gasteiger partial charge in [-0.15, -0.1) is 0 Å². The summed E-state index contributed by atoms with van der Waals surface area (Å²) >= 11 is 0. The third kappa shape index (κ3) is 3.76. The number of pyridine rings is 1. The van der Waals surface area contributed by atoms with E-state index in [2.05, 4.69) is 4.98 Å². The normalized spacial score (nSPS) is 20.6. The summed E-state index contributed by atoms with van der Waals surface area (Å²) in [5.74, 6) is 0.129. The summed E-state index contributed by atoms with van der Waals surface area (Å²) in [4.78, 5) is 17.9. The van der Waals surface area contributed by atoms with Crippen LogP contribution in [-0.2, 0) is 0 Å². The minimum Gasteiger partial charge on any atom is -0.474 e. The van der Waals surface area contributed by atoms with Crippen molar-refractivity contribution in [3.05, 3.63) is 23.9 Å². The number of carbonyl (C=O) groups excluding carboxylic acids is 1. The monoisotopic (exact) mass is 328 g/mol. The highest BCUT2D eigenvalue weighted by atomic mass is 19.4. The maximum atomic E-state index is 12.5. The number of hydrogen-bond donors (Lipinski definition) is 0. The highest BCUT2D eigenvalue weighted by molar-refractivity contribution is 5.95. The number of aromatic nitrogens is 1. The first kappa shape index (κ1) is 16.1. The molecule has 0 atom stereocenters. The van der Waals surface area contributed by atoms with Crippen LogP contribution >= 0.6 is 0 Å². The van der Waals surface area contributed by atoms with Gasteiger partial charge in [0.25, 0.3) is 5.91 Å². The van der Waals surface area contributed by atoms with Crippen molar-refractivity contribution in [2.45, 2.75) is 44.9 Å². The van der Waals surface area contributed by atoms with Gasteiger partial charge in [-0.3, -0.25) is 4.79 Å². The number of hydrogen-bond acceptors (Lipinski definition) is 3. The molecule has 1 aromatic heterocycles. The molecule has 0 N–H and O–H groups in total. The molecular weight excluding hydrogens is 309 g/mol. The van der Waals surface area contributed by atoms with Crippen LogP contribution in [0.3, 0.4) is 0 Å². The summed E-state index contributed by atoms with van der Waals surface area (Å²) in [6, 6.07) is 3.13. The van der Waals surface area contributed by atoms with Gasteiger partial charge in [-0.1, -0.05) is 6.92 Å². The van der Waals surface area contributed by atoms with Crippen LogP contribution in [0.15, 0.2) is 18.3 Å². The van der Waals surface area contributed by atoms with Crippen molar-refractivity contribution in [2.75, 3.05) is 13.1 Å². The van der Waals surface area contributed by atoms with Gasteiger partial charge in [0.05, 0.1) is 6.42 Å². The Bertz CT molecular complexity index is 593. The lowest BCUT2D eigenvalue weighted by atomic mass is 9.78. The number of carbonyl (C=O) groups is 1. The molecule has 0 aromatic carbocycles. The largest absolute Gasteiger partial charge is 0.474 e. The Morgan fingerprint density at radius 3 is 2.70 bits per heavy atom. The molecule has 0 unspecified atom stereocenters. The predicted molar refractivity (Wildman–Crippen MR) is 77.2 cm³/mol. The van der Waals surface area contributed by atoms with Crippen molar-refractivity contribution in [3.63, 3.8) is 0 Å². The van der Waals surface area contributed by atoms with Crippen molar-refractivity contribution < 1.29 is 22.7 Å². The second-order valence-electron chi connectivity index (χ2n) is 6.82. The Balaban J connectivity index is 1.60. The molecule has 7 heteroatoms. The van der Waals surface area contributed by atoms with Crippen LogP contribution in [0.4, 0.5) is 13.2 Å². The SMILES string of the molecule is CC1(CC(F)(F)F)CN(C(=O)c2ccnc(OC3CCC3)c2)C1. The van der Waals surface area contributed by atoms with Gasteiger partial charge in [-0.2, -0.15) is 13.2 Å². The number of ether oxygens (including phenoxy) is 1. The molecule has 2 aliphatic rings. The Kier molecular flexibility index (Phi) is 3.98. The summed E-state index contributed by atoms with van der Waals surface area (Å²) < 4.78 is 43.2. The summed E-state index contributed by atoms with van der Waals surface area (Å²) in [7, 11) is 0. The molecule has 4 nitrogen and oxygen atoms in total. The quantitative estimate of drug-likeness (QED) is 0.850. The van der Waals surface area contributed by atoms with Crippen LogP contribution in [0.1, 0.15) is 43.0 Å². The third-order valence-corrected chi connectivity index (χ3v) is 4.38. The van der Waals surface area contributed by atoms with Crippen LogP contribution in [0.5, 0.6) is 5.88 Å². The standard InChI is InChI=1S/C16H19F3N2O2/c1-15(8-16(17,18)19)9-21(10-15)14(22)11-5-6-20-13(7-11)23-12-3-2-4-12/h5-7,12H,2-4,8-10H2,1H3. The van der Waals surface area contributed by atoms with E-state index in [-0.39, 0.29) is 25.1 Å². The number of amides is 1. The highest BCUT2D eigenvalue weighted by Crippen LogP contribution is 2.41. The number of rotatable bonds is 4. The minimum absolute atomic E-state index is 0.118. The molecule has 1 aliphatic heterocycles. The van der Waals surface area contributed by atoms with Crippen LogP contribution < -0.4 is 4.74 Å². The number of nitrogens with zero attached hydrogens (tertiary/aromatic N) is 2. The molecule has 3 rings (SSSR count). The molecule has 0 radical (unpaired) electrons. The van der Waals surface area contributed by atoms with Crippen molar-refractivity contribution in [2.24, 2.45) is 5.41 Å². The average Bonchev–Trinajstić information content (AvgIpc) is 2.38. The molecule has 126 valence electrons. The van der Waals surface area contributed by atoms with Crippen molar-refractivity contribution >= 4 is 5.91 Å². The van der Waals surface area contributed by atoms with Crippen molar-refractivity contribution in [1.82, 2.24) is 9.88 Å². The lowest BCUT2D eigenvalue weighted by molar-refractivity contribution is -0.172. The smallest absolute Gasteiger partial charge is 0.389 e.